The molecule has 0 saturated carbocycles. The summed E-state index contributed by atoms with van der Waals surface area (Å²) in [4.78, 5) is 43.4. The Bertz CT molecular complexity index is 1460. The molecule has 0 aliphatic carbocycles. The fraction of sp³-hybridized carbons (Fsp3) is 0.233. The van der Waals surface area contributed by atoms with Crippen molar-refractivity contribution in [3.8, 4) is 11.3 Å². The lowest BCUT2D eigenvalue weighted by atomic mass is 9.89. The van der Waals surface area contributed by atoms with Crippen molar-refractivity contribution >= 4 is 23.5 Å². The summed E-state index contributed by atoms with van der Waals surface area (Å²) in [5.41, 5.74) is 3.84. The van der Waals surface area contributed by atoms with Crippen molar-refractivity contribution in [2.75, 3.05) is 25.0 Å². The Morgan fingerprint density at radius 1 is 1.00 bits per heavy atom. The monoisotopic (exact) mass is 524 g/mol. The molecule has 1 aliphatic rings. The van der Waals surface area contributed by atoms with Crippen molar-refractivity contribution in [1.82, 2.24) is 15.0 Å². The molecule has 0 unspecified atom stereocenters. The number of hydrogen-bond acceptors (Lipinski definition) is 7. The van der Waals surface area contributed by atoms with Gasteiger partial charge in [-0.2, -0.15) is 0 Å². The van der Waals surface area contributed by atoms with Crippen LogP contribution in [-0.4, -0.2) is 52.5 Å². The van der Waals surface area contributed by atoms with Crippen LogP contribution in [0.25, 0.3) is 11.3 Å². The van der Waals surface area contributed by atoms with Crippen molar-refractivity contribution in [3.05, 3.63) is 102 Å². The second-order valence-electron chi connectivity index (χ2n) is 9.24. The van der Waals surface area contributed by atoms with Gasteiger partial charge in [0, 0.05) is 42.2 Å². The van der Waals surface area contributed by atoms with Gasteiger partial charge in [0.15, 0.2) is 0 Å². The van der Waals surface area contributed by atoms with Crippen LogP contribution in [0.1, 0.15) is 62.6 Å². The SMILES string of the molecule is CCOC(=O)c1cc(C(=O)N2CCC(c3ccc(NC(=O)c4cc(-c5ccccc5)no4)cc3)CC2)ccn1. The molecule has 3 heterocycles. The number of benzene rings is 2. The third-order valence-electron chi connectivity index (χ3n) is 6.72. The second kappa shape index (κ2) is 11.7. The van der Waals surface area contributed by atoms with Crippen molar-refractivity contribution < 1.29 is 23.6 Å². The van der Waals surface area contributed by atoms with Crippen LogP contribution in [0.5, 0.6) is 0 Å². The van der Waals surface area contributed by atoms with E-state index >= 15 is 0 Å². The predicted octanol–water partition coefficient (Wildman–Crippen LogP) is 5.19. The van der Waals surface area contributed by atoms with Crippen LogP contribution < -0.4 is 5.32 Å². The van der Waals surface area contributed by atoms with Crippen LogP contribution in [0.15, 0.2) is 83.5 Å². The number of carbonyl (C=O) groups excluding carboxylic acids is 3. The van der Waals surface area contributed by atoms with Crippen molar-refractivity contribution in [2.24, 2.45) is 0 Å². The number of ether oxygens (including phenoxy) is 1. The molecule has 0 bridgehead atoms. The number of pyridine rings is 1. The molecule has 0 spiro atoms. The highest BCUT2D eigenvalue weighted by molar-refractivity contribution is 6.02. The van der Waals surface area contributed by atoms with Crippen LogP contribution >= 0.6 is 0 Å². The molecule has 1 N–H and O–H groups in total. The first-order valence-corrected chi connectivity index (χ1v) is 12.9. The largest absolute Gasteiger partial charge is 0.461 e. The molecule has 9 nitrogen and oxygen atoms in total. The minimum Gasteiger partial charge on any atom is -0.461 e. The molecule has 9 heteroatoms. The number of nitrogens with zero attached hydrogens (tertiary/aromatic N) is 3. The van der Waals surface area contributed by atoms with E-state index in [1.165, 1.54) is 12.3 Å². The van der Waals surface area contributed by atoms with Crippen LogP contribution in [0.3, 0.4) is 0 Å². The lowest BCUT2D eigenvalue weighted by Crippen LogP contribution is -2.38. The fourth-order valence-corrected chi connectivity index (χ4v) is 4.64. The summed E-state index contributed by atoms with van der Waals surface area (Å²) >= 11 is 0. The Morgan fingerprint density at radius 2 is 1.74 bits per heavy atom. The van der Waals surface area contributed by atoms with Gasteiger partial charge in [0.1, 0.15) is 11.4 Å². The van der Waals surface area contributed by atoms with E-state index in [-0.39, 0.29) is 29.9 Å². The number of esters is 1. The molecule has 1 fully saturated rings. The van der Waals surface area contributed by atoms with Crippen LogP contribution in [0.4, 0.5) is 5.69 Å². The number of likely N-dealkylation sites (tertiary alicyclic amines) is 1. The van der Waals surface area contributed by atoms with Gasteiger partial charge >= 0.3 is 5.97 Å². The summed E-state index contributed by atoms with van der Waals surface area (Å²) in [6.07, 6.45) is 3.08. The minimum absolute atomic E-state index is 0.123. The second-order valence-corrected chi connectivity index (χ2v) is 9.24. The summed E-state index contributed by atoms with van der Waals surface area (Å²) in [7, 11) is 0. The summed E-state index contributed by atoms with van der Waals surface area (Å²) < 4.78 is 10.2. The summed E-state index contributed by atoms with van der Waals surface area (Å²) in [6, 6.07) is 22.0. The third kappa shape index (κ3) is 6.04. The molecule has 1 saturated heterocycles. The fourth-order valence-electron chi connectivity index (χ4n) is 4.64. The van der Waals surface area contributed by atoms with E-state index in [0.717, 1.165) is 24.0 Å². The molecule has 0 radical (unpaired) electrons. The first-order valence-electron chi connectivity index (χ1n) is 12.9. The molecular weight excluding hydrogens is 496 g/mol. The number of nitrogens with one attached hydrogen (secondary N) is 1. The molecular formula is C30H28N4O5. The number of amides is 2. The Kier molecular flexibility index (Phi) is 7.77. The zero-order valence-corrected chi connectivity index (χ0v) is 21.5. The van der Waals surface area contributed by atoms with Gasteiger partial charge < -0.3 is 19.5 Å². The number of piperidine rings is 1. The quantitative estimate of drug-likeness (QED) is 0.331. The first-order chi connectivity index (χ1) is 19.0. The van der Waals surface area contributed by atoms with E-state index in [1.807, 2.05) is 54.6 Å². The Hall–Kier alpha value is -4.79. The topological polar surface area (TPSA) is 115 Å². The zero-order valence-electron chi connectivity index (χ0n) is 21.5. The van der Waals surface area contributed by atoms with Crippen LogP contribution in [0.2, 0.25) is 0 Å². The lowest BCUT2D eigenvalue weighted by molar-refractivity contribution is 0.0519. The summed E-state index contributed by atoms with van der Waals surface area (Å²) in [5.74, 6) is -0.593. The molecule has 5 rings (SSSR count). The highest BCUT2D eigenvalue weighted by Crippen LogP contribution is 2.30. The van der Waals surface area contributed by atoms with Gasteiger partial charge in [-0.1, -0.05) is 47.6 Å². The number of hydrogen-bond donors (Lipinski definition) is 1. The molecule has 2 aromatic carbocycles. The van der Waals surface area contributed by atoms with E-state index in [2.05, 4.69) is 15.5 Å². The Balaban J connectivity index is 1.15. The molecule has 2 amide bonds. The summed E-state index contributed by atoms with van der Waals surface area (Å²) in [5, 5.41) is 6.84. The van der Waals surface area contributed by atoms with E-state index in [9.17, 15) is 14.4 Å². The highest BCUT2D eigenvalue weighted by Gasteiger charge is 2.25. The maximum absolute atomic E-state index is 13.0. The third-order valence-corrected chi connectivity index (χ3v) is 6.72. The van der Waals surface area contributed by atoms with E-state index in [0.29, 0.717) is 36.0 Å². The highest BCUT2D eigenvalue weighted by atomic mass is 16.5. The van der Waals surface area contributed by atoms with Crippen molar-refractivity contribution in [3.63, 3.8) is 0 Å². The maximum atomic E-state index is 13.0. The number of anilines is 1. The Morgan fingerprint density at radius 3 is 2.46 bits per heavy atom. The van der Waals surface area contributed by atoms with Gasteiger partial charge in [-0.15, -0.1) is 0 Å². The van der Waals surface area contributed by atoms with Gasteiger partial charge in [-0.05, 0) is 55.5 Å². The maximum Gasteiger partial charge on any atom is 0.356 e. The van der Waals surface area contributed by atoms with Crippen LogP contribution in [0, 0.1) is 0 Å². The van der Waals surface area contributed by atoms with Crippen LogP contribution in [-0.2, 0) is 4.74 Å². The van der Waals surface area contributed by atoms with Gasteiger partial charge in [-0.25, -0.2) is 9.78 Å². The van der Waals surface area contributed by atoms with Gasteiger partial charge in [-0.3, -0.25) is 9.59 Å². The Labute approximate surface area is 225 Å². The minimum atomic E-state index is -0.539. The predicted molar refractivity (Wildman–Crippen MR) is 144 cm³/mol. The number of rotatable bonds is 7. The first kappa shape index (κ1) is 25.8. The standard InChI is InChI=1S/C30H28N4O5/c1-2-38-30(37)26-18-23(12-15-31-26)29(36)34-16-13-21(14-17-34)20-8-10-24(11-9-20)32-28(35)27-19-25(33-39-27)22-6-4-3-5-7-22/h3-12,15,18-19,21H,2,13-14,16-17H2,1H3,(H,32,35). The molecule has 4 aromatic rings. The van der Waals surface area contributed by atoms with Crippen molar-refractivity contribution in [1.29, 1.82) is 0 Å². The van der Waals surface area contributed by atoms with Gasteiger partial charge in [0.2, 0.25) is 5.76 Å². The molecule has 39 heavy (non-hydrogen) atoms. The van der Waals surface area contributed by atoms with E-state index in [1.54, 1.807) is 24.0 Å². The molecule has 0 atom stereocenters. The average Bonchev–Trinajstić information content (AvgIpc) is 3.49. The van der Waals surface area contributed by atoms with Gasteiger partial charge in [0.05, 0.1) is 6.61 Å². The van der Waals surface area contributed by atoms with Gasteiger partial charge in [0.25, 0.3) is 11.8 Å². The summed E-state index contributed by atoms with van der Waals surface area (Å²) in [6.45, 7) is 3.18. The molecule has 198 valence electrons. The normalized spacial score (nSPS) is 13.6. The number of carbonyl (C=O) groups is 3. The lowest BCUT2D eigenvalue weighted by Gasteiger charge is -2.32. The smallest absolute Gasteiger partial charge is 0.356 e. The van der Waals surface area contributed by atoms with E-state index in [4.69, 9.17) is 9.26 Å². The molecule has 1 aliphatic heterocycles. The van der Waals surface area contributed by atoms with E-state index < -0.39 is 5.97 Å². The number of aromatic nitrogens is 2. The zero-order chi connectivity index (χ0) is 27.2. The average molecular weight is 525 g/mol. The van der Waals surface area contributed by atoms with Crippen molar-refractivity contribution in [2.45, 2.75) is 25.7 Å². The molecule has 2 aromatic heterocycles.